The van der Waals surface area contributed by atoms with E-state index >= 15 is 0 Å². The molecule has 5 rings (SSSR count). The van der Waals surface area contributed by atoms with Gasteiger partial charge in [0.1, 0.15) is 17.1 Å². The van der Waals surface area contributed by atoms with E-state index in [2.05, 4.69) is 22.6 Å². The standard InChI is InChI=1S/C30H24INO4S/c1-37(34,35)29-26(21-11-5-2-6-12-21)32(25-19-17-24(31)18-20-25)30(33)28(29)36-27(22-13-7-3-8-14-22)23-15-9-4-10-16-23/h2-20,26-27H,1H3/t26-/m0/s1. The molecule has 1 aliphatic heterocycles. The highest BCUT2D eigenvalue weighted by molar-refractivity contribution is 14.1. The Morgan fingerprint density at radius 1 is 0.757 bits per heavy atom. The van der Waals surface area contributed by atoms with Crippen molar-refractivity contribution in [2.45, 2.75) is 12.1 Å². The molecule has 5 nitrogen and oxygen atoms in total. The molecule has 0 spiro atoms. The van der Waals surface area contributed by atoms with Crippen LogP contribution in [0.5, 0.6) is 0 Å². The quantitative estimate of drug-likeness (QED) is 0.223. The molecule has 1 aliphatic rings. The summed E-state index contributed by atoms with van der Waals surface area (Å²) in [5.74, 6) is -0.653. The first-order valence-electron chi connectivity index (χ1n) is 11.7. The minimum absolute atomic E-state index is 0.0425. The van der Waals surface area contributed by atoms with Gasteiger partial charge in [0.15, 0.2) is 9.84 Å². The summed E-state index contributed by atoms with van der Waals surface area (Å²) >= 11 is 2.20. The van der Waals surface area contributed by atoms with Crippen molar-refractivity contribution >= 4 is 44.0 Å². The van der Waals surface area contributed by atoms with E-state index in [1.54, 1.807) is 0 Å². The monoisotopic (exact) mass is 621 g/mol. The van der Waals surface area contributed by atoms with Crippen molar-refractivity contribution < 1.29 is 17.9 Å². The Labute approximate surface area is 230 Å². The van der Waals surface area contributed by atoms with Crippen LogP contribution in [-0.2, 0) is 19.4 Å². The lowest BCUT2D eigenvalue weighted by Gasteiger charge is -2.26. The van der Waals surface area contributed by atoms with E-state index in [4.69, 9.17) is 4.74 Å². The van der Waals surface area contributed by atoms with Crippen LogP contribution in [-0.4, -0.2) is 20.6 Å². The van der Waals surface area contributed by atoms with Crippen LogP contribution in [0.15, 0.2) is 126 Å². The van der Waals surface area contributed by atoms with Crippen molar-refractivity contribution in [2.75, 3.05) is 11.2 Å². The average molecular weight is 621 g/mol. The van der Waals surface area contributed by atoms with Gasteiger partial charge in [-0.25, -0.2) is 8.42 Å². The number of carbonyl (C=O) groups is 1. The number of ether oxygens (including phenoxy) is 1. The second-order valence-electron chi connectivity index (χ2n) is 8.75. The smallest absolute Gasteiger partial charge is 0.295 e. The topological polar surface area (TPSA) is 63.7 Å². The lowest BCUT2D eigenvalue weighted by atomic mass is 10.0. The molecule has 0 unspecified atom stereocenters. The van der Waals surface area contributed by atoms with E-state index in [0.717, 1.165) is 21.0 Å². The van der Waals surface area contributed by atoms with Crippen molar-refractivity contribution in [1.29, 1.82) is 0 Å². The Kier molecular flexibility index (Phi) is 7.17. The zero-order valence-corrected chi connectivity index (χ0v) is 23.0. The molecule has 0 saturated carbocycles. The summed E-state index contributed by atoms with van der Waals surface area (Å²) in [6.07, 6.45) is 0.457. The van der Waals surface area contributed by atoms with E-state index in [1.807, 2.05) is 115 Å². The van der Waals surface area contributed by atoms with E-state index in [9.17, 15) is 13.2 Å². The van der Waals surface area contributed by atoms with Gasteiger partial charge in [0.05, 0.1) is 0 Å². The fourth-order valence-corrected chi connectivity index (χ4v) is 6.04. The number of amides is 1. The van der Waals surface area contributed by atoms with Gasteiger partial charge in [-0.1, -0.05) is 91.0 Å². The van der Waals surface area contributed by atoms with Crippen molar-refractivity contribution in [3.8, 4) is 0 Å². The van der Waals surface area contributed by atoms with Crippen molar-refractivity contribution in [2.24, 2.45) is 0 Å². The molecular weight excluding hydrogens is 597 g/mol. The molecule has 4 aromatic carbocycles. The Morgan fingerprint density at radius 2 is 1.24 bits per heavy atom. The summed E-state index contributed by atoms with van der Waals surface area (Å²) in [5, 5.41) is 0. The molecule has 1 heterocycles. The summed E-state index contributed by atoms with van der Waals surface area (Å²) < 4.78 is 34.2. The van der Waals surface area contributed by atoms with Gasteiger partial charge in [-0.15, -0.1) is 0 Å². The second kappa shape index (κ2) is 10.5. The molecule has 0 aliphatic carbocycles. The summed E-state index contributed by atoms with van der Waals surface area (Å²) in [4.78, 5) is 15.6. The van der Waals surface area contributed by atoms with Gasteiger partial charge in [-0.2, -0.15) is 0 Å². The lowest BCUT2D eigenvalue weighted by molar-refractivity contribution is -0.118. The van der Waals surface area contributed by atoms with Crippen LogP contribution in [0.25, 0.3) is 0 Å². The summed E-state index contributed by atoms with van der Waals surface area (Å²) in [5.41, 5.74) is 2.90. The van der Waals surface area contributed by atoms with Crippen LogP contribution in [0.2, 0.25) is 0 Å². The molecule has 186 valence electrons. The third-order valence-electron chi connectivity index (χ3n) is 6.20. The number of halogens is 1. The number of rotatable bonds is 7. The van der Waals surface area contributed by atoms with Crippen LogP contribution < -0.4 is 4.90 Å². The van der Waals surface area contributed by atoms with Gasteiger partial charge in [0, 0.05) is 15.5 Å². The molecular formula is C30H24INO4S. The number of carbonyl (C=O) groups excluding carboxylic acids is 1. The molecule has 1 atom stereocenters. The maximum atomic E-state index is 14.1. The second-order valence-corrected chi connectivity index (χ2v) is 12.0. The molecule has 37 heavy (non-hydrogen) atoms. The largest absolute Gasteiger partial charge is 0.474 e. The predicted molar refractivity (Wildman–Crippen MR) is 154 cm³/mol. The third kappa shape index (κ3) is 5.19. The first-order chi connectivity index (χ1) is 17.8. The van der Waals surface area contributed by atoms with Crippen LogP contribution in [0, 0.1) is 3.57 Å². The number of hydrogen-bond donors (Lipinski definition) is 0. The predicted octanol–water partition coefficient (Wildman–Crippen LogP) is 6.44. The first kappa shape index (κ1) is 25.2. The van der Waals surface area contributed by atoms with E-state index < -0.39 is 27.9 Å². The fourth-order valence-electron chi connectivity index (χ4n) is 4.56. The zero-order valence-electron chi connectivity index (χ0n) is 20.0. The van der Waals surface area contributed by atoms with Crippen molar-refractivity contribution in [3.63, 3.8) is 0 Å². The fraction of sp³-hybridized carbons (Fsp3) is 0.100. The third-order valence-corrected chi connectivity index (χ3v) is 8.13. The summed E-state index contributed by atoms with van der Waals surface area (Å²) in [7, 11) is -3.85. The van der Waals surface area contributed by atoms with Crippen LogP contribution in [0.3, 0.4) is 0 Å². The van der Waals surface area contributed by atoms with Gasteiger partial charge in [-0.3, -0.25) is 9.69 Å². The van der Waals surface area contributed by atoms with Crippen LogP contribution >= 0.6 is 22.6 Å². The van der Waals surface area contributed by atoms with Crippen molar-refractivity contribution in [1.82, 2.24) is 0 Å². The molecule has 4 aromatic rings. The SMILES string of the molecule is CS(=O)(=O)C1=C(OC(c2ccccc2)c2ccccc2)C(=O)N(c2ccc(I)cc2)[C@H]1c1ccccc1. The number of sulfone groups is 1. The maximum absolute atomic E-state index is 14.1. The van der Waals surface area contributed by atoms with E-state index in [-0.39, 0.29) is 10.7 Å². The van der Waals surface area contributed by atoms with Crippen LogP contribution in [0.4, 0.5) is 5.69 Å². The Balaban J connectivity index is 1.71. The van der Waals surface area contributed by atoms with Crippen LogP contribution in [0.1, 0.15) is 28.8 Å². The number of hydrogen-bond acceptors (Lipinski definition) is 4. The molecule has 0 radical (unpaired) electrons. The number of nitrogens with zero attached hydrogens (tertiary/aromatic N) is 1. The molecule has 0 fully saturated rings. The highest BCUT2D eigenvalue weighted by Gasteiger charge is 2.47. The maximum Gasteiger partial charge on any atom is 0.295 e. The molecule has 0 aromatic heterocycles. The molecule has 0 saturated heterocycles. The average Bonchev–Trinajstić information content (AvgIpc) is 3.21. The Morgan fingerprint density at radius 3 is 1.73 bits per heavy atom. The summed E-state index contributed by atoms with van der Waals surface area (Å²) in [6.45, 7) is 0. The van der Waals surface area contributed by atoms with Gasteiger partial charge in [-0.05, 0) is 63.5 Å². The summed E-state index contributed by atoms with van der Waals surface area (Å²) in [6, 6.07) is 34.7. The molecule has 7 heteroatoms. The van der Waals surface area contributed by atoms with Gasteiger partial charge in [0.25, 0.3) is 5.91 Å². The molecule has 0 bridgehead atoms. The van der Waals surface area contributed by atoms with Crippen molar-refractivity contribution in [3.05, 3.63) is 146 Å². The Bertz CT molecular complexity index is 1500. The first-order valence-corrected chi connectivity index (χ1v) is 14.7. The zero-order chi connectivity index (χ0) is 26.0. The normalized spacial score (nSPS) is 15.9. The number of benzene rings is 4. The minimum Gasteiger partial charge on any atom is -0.474 e. The minimum atomic E-state index is -3.85. The molecule has 0 N–H and O–H groups in total. The lowest BCUT2D eigenvalue weighted by Crippen LogP contribution is -2.31. The van der Waals surface area contributed by atoms with Gasteiger partial charge in [0.2, 0.25) is 5.76 Å². The molecule has 1 amide bonds. The highest BCUT2D eigenvalue weighted by Crippen LogP contribution is 2.45. The van der Waals surface area contributed by atoms with E-state index in [0.29, 0.717) is 11.3 Å². The van der Waals surface area contributed by atoms with E-state index in [1.165, 1.54) is 4.90 Å². The number of anilines is 1. The highest BCUT2D eigenvalue weighted by atomic mass is 127. The van der Waals surface area contributed by atoms with Gasteiger partial charge < -0.3 is 4.74 Å². The van der Waals surface area contributed by atoms with Gasteiger partial charge >= 0.3 is 0 Å². The Hall–Kier alpha value is -3.43.